The summed E-state index contributed by atoms with van der Waals surface area (Å²) in [5.74, 6) is -3.71. The van der Waals surface area contributed by atoms with Gasteiger partial charge in [-0.1, -0.05) is 88.2 Å². The van der Waals surface area contributed by atoms with Crippen molar-refractivity contribution in [2.24, 2.45) is 5.92 Å². The predicted molar refractivity (Wildman–Crippen MR) is 233 cm³/mol. The smallest absolute Gasteiger partial charge is 0.407 e. The van der Waals surface area contributed by atoms with Gasteiger partial charge < -0.3 is 40.3 Å². The molecule has 2 heterocycles. The van der Waals surface area contributed by atoms with Crippen LogP contribution in [0.1, 0.15) is 94.7 Å². The molecule has 4 N–H and O–H groups in total. The van der Waals surface area contributed by atoms with Gasteiger partial charge in [-0.3, -0.25) is 29.0 Å². The van der Waals surface area contributed by atoms with Crippen LogP contribution in [0.25, 0.3) is 11.1 Å². The highest BCUT2D eigenvalue weighted by Gasteiger charge is 2.37. The Hall–Kier alpha value is -5.83. The minimum atomic E-state index is -1.37. The Morgan fingerprint density at radius 1 is 0.839 bits per heavy atom. The minimum Gasteiger partial charge on any atom is -0.481 e. The number of hydrogen-bond donors (Lipinski definition) is 4. The highest BCUT2D eigenvalue weighted by molar-refractivity contribution is 5.96. The van der Waals surface area contributed by atoms with Crippen LogP contribution in [0.15, 0.2) is 73.1 Å². The molecule has 2 aromatic carbocycles. The lowest BCUT2D eigenvalue weighted by molar-refractivity contribution is -0.145. The number of carbonyl (C=O) groups is 6. The third kappa shape index (κ3) is 13.1. The van der Waals surface area contributed by atoms with Gasteiger partial charge in [-0.15, -0.1) is 0 Å². The lowest BCUT2D eigenvalue weighted by Gasteiger charge is -2.33. The van der Waals surface area contributed by atoms with Crippen LogP contribution in [0.4, 0.5) is 4.79 Å². The van der Waals surface area contributed by atoms with Crippen LogP contribution in [-0.2, 0) is 39.9 Å². The van der Waals surface area contributed by atoms with Crippen molar-refractivity contribution in [2.75, 3.05) is 40.0 Å². The summed E-state index contributed by atoms with van der Waals surface area (Å²) in [7, 11) is 1.47. The van der Waals surface area contributed by atoms with E-state index in [1.165, 1.54) is 11.9 Å². The van der Waals surface area contributed by atoms with E-state index in [1.807, 2.05) is 69.3 Å². The molecule has 0 radical (unpaired) electrons. The molecule has 1 saturated heterocycles. The largest absolute Gasteiger partial charge is 0.481 e. The van der Waals surface area contributed by atoms with E-state index in [-0.39, 0.29) is 38.6 Å². The van der Waals surface area contributed by atoms with Gasteiger partial charge in [-0.25, -0.2) is 4.79 Å². The van der Waals surface area contributed by atoms with Gasteiger partial charge in [0.1, 0.15) is 30.8 Å². The van der Waals surface area contributed by atoms with Crippen LogP contribution in [0, 0.1) is 5.92 Å². The second-order valence-electron chi connectivity index (χ2n) is 16.6. The van der Waals surface area contributed by atoms with Crippen molar-refractivity contribution < 1.29 is 43.3 Å². The molecule has 4 atom stereocenters. The van der Waals surface area contributed by atoms with E-state index < -0.39 is 66.3 Å². The van der Waals surface area contributed by atoms with E-state index in [0.717, 1.165) is 47.9 Å². The molecule has 0 bridgehead atoms. The van der Waals surface area contributed by atoms with Gasteiger partial charge in [-0.2, -0.15) is 0 Å². The Morgan fingerprint density at radius 3 is 2.11 bits per heavy atom. The Kier molecular flexibility index (Phi) is 17.8. The van der Waals surface area contributed by atoms with Crippen molar-refractivity contribution in [1.29, 1.82) is 0 Å². The molecule has 0 unspecified atom stereocenters. The molecule has 2 aliphatic rings. The average molecular weight is 855 g/mol. The molecular weight excluding hydrogens is 793 g/mol. The van der Waals surface area contributed by atoms with E-state index in [4.69, 9.17) is 9.47 Å². The molecule has 1 aliphatic heterocycles. The van der Waals surface area contributed by atoms with E-state index >= 15 is 0 Å². The fourth-order valence-corrected chi connectivity index (χ4v) is 7.95. The highest BCUT2D eigenvalue weighted by Crippen LogP contribution is 2.44. The number of fused-ring (bicyclic) bond motifs is 3. The number of ether oxygens (including phenoxy) is 2. The number of carbonyl (C=O) groups excluding carboxylic acids is 5. The van der Waals surface area contributed by atoms with E-state index in [9.17, 15) is 33.9 Å². The minimum absolute atomic E-state index is 0.00495. The first-order valence-corrected chi connectivity index (χ1v) is 21.8. The molecule has 1 aromatic heterocycles. The second-order valence-corrected chi connectivity index (χ2v) is 16.6. The number of carboxylic acid groups (broad SMARTS) is 1. The number of benzene rings is 2. The lowest BCUT2D eigenvalue weighted by atomic mass is 9.98. The van der Waals surface area contributed by atoms with Crippen molar-refractivity contribution in [3.05, 3.63) is 89.7 Å². The van der Waals surface area contributed by atoms with E-state index in [2.05, 4.69) is 20.9 Å². The number of likely N-dealkylation sites (tertiary alicyclic amines) is 1. The maximum Gasteiger partial charge on any atom is 0.407 e. The maximum atomic E-state index is 14.5. The summed E-state index contributed by atoms with van der Waals surface area (Å²) in [6.45, 7) is 6.96. The number of aliphatic carboxylic acids is 1. The summed E-state index contributed by atoms with van der Waals surface area (Å²) in [5.41, 5.74) is 4.89. The van der Waals surface area contributed by atoms with Gasteiger partial charge in [0, 0.05) is 51.5 Å². The normalized spacial score (nSPS) is 15.3. The zero-order valence-electron chi connectivity index (χ0n) is 36.3. The maximum absolute atomic E-state index is 14.5. The number of piperidine rings is 1. The lowest BCUT2D eigenvalue weighted by Crippen LogP contribution is -2.60. The monoisotopic (exact) mass is 854 g/mol. The Bertz CT molecular complexity index is 1940. The number of amides is 5. The van der Waals surface area contributed by atoms with Gasteiger partial charge >= 0.3 is 12.1 Å². The topological polar surface area (TPSA) is 197 Å². The van der Waals surface area contributed by atoms with Gasteiger partial charge in [0.2, 0.25) is 23.6 Å². The number of nitrogens with one attached hydrogen (secondary N) is 3. The molecule has 5 amide bonds. The first kappa shape index (κ1) is 47.2. The van der Waals surface area contributed by atoms with Crippen LogP contribution >= 0.6 is 0 Å². The first-order chi connectivity index (χ1) is 29.9. The van der Waals surface area contributed by atoms with Crippen molar-refractivity contribution in [2.45, 2.75) is 109 Å². The summed E-state index contributed by atoms with van der Waals surface area (Å²) >= 11 is 0. The Morgan fingerprint density at radius 2 is 1.50 bits per heavy atom. The molecule has 5 rings (SSSR count). The summed E-state index contributed by atoms with van der Waals surface area (Å²) in [6.07, 6.45) is 6.51. The summed E-state index contributed by atoms with van der Waals surface area (Å²) < 4.78 is 11.7. The van der Waals surface area contributed by atoms with Gasteiger partial charge in [-0.05, 0) is 71.9 Å². The molecule has 1 fully saturated rings. The molecule has 334 valence electrons. The average Bonchev–Trinajstić information content (AvgIpc) is 3.59. The molecule has 0 spiro atoms. The van der Waals surface area contributed by atoms with Crippen LogP contribution in [0.2, 0.25) is 0 Å². The summed E-state index contributed by atoms with van der Waals surface area (Å²) in [4.78, 5) is 88.8. The quantitative estimate of drug-likeness (QED) is 0.0992. The Balaban J connectivity index is 1.34. The summed E-state index contributed by atoms with van der Waals surface area (Å²) in [6, 6.07) is 14.5. The van der Waals surface area contributed by atoms with Crippen molar-refractivity contribution >= 4 is 35.7 Å². The zero-order valence-corrected chi connectivity index (χ0v) is 36.3. The highest BCUT2D eigenvalue weighted by atomic mass is 16.5. The molecule has 15 heteroatoms. The first-order valence-electron chi connectivity index (χ1n) is 21.8. The molecule has 3 aromatic rings. The molecule has 1 aliphatic carbocycles. The molecule has 15 nitrogen and oxygen atoms in total. The van der Waals surface area contributed by atoms with Crippen molar-refractivity contribution in [3.8, 4) is 11.1 Å². The van der Waals surface area contributed by atoms with Gasteiger partial charge in [0.05, 0.1) is 13.0 Å². The molecule has 0 saturated carbocycles. The molecular formula is C47H62N6O9. The predicted octanol–water partition coefficient (Wildman–Crippen LogP) is 5.07. The number of pyridine rings is 1. The second kappa shape index (κ2) is 23.4. The summed E-state index contributed by atoms with van der Waals surface area (Å²) in [5, 5.41) is 17.8. The van der Waals surface area contributed by atoms with Crippen LogP contribution in [-0.4, -0.2) is 120 Å². The van der Waals surface area contributed by atoms with Crippen LogP contribution in [0.5, 0.6) is 0 Å². The zero-order chi connectivity index (χ0) is 44.6. The van der Waals surface area contributed by atoms with Gasteiger partial charge in [0.25, 0.3) is 0 Å². The number of unbranched alkanes of at least 4 members (excludes halogenated alkanes) is 1. The van der Waals surface area contributed by atoms with E-state index in [1.54, 1.807) is 29.4 Å². The number of alkyl carbamates (subject to hydrolysis) is 1. The van der Waals surface area contributed by atoms with Crippen LogP contribution < -0.4 is 16.0 Å². The SMILES string of the molecule is CCCC[C@H](NC(=O)OCC1c2ccccc2-c2ccccc21)C(=O)N(C)[C@@H](Cc1cccnc1)C(=O)N[C@@H](COCCC(C)C)C(=O)N[C@@H](CC(=O)O)C(=O)N1CCCCC1. The fourth-order valence-electron chi connectivity index (χ4n) is 7.95. The fraction of sp³-hybridized carbons (Fsp3) is 0.511. The standard InChI is InChI=1S/C47H62N6O9/c1-5-6-20-38(51-47(60)62-29-37-35-18-10-8-16-33(35)34-17-9-11-19-36(34)37)45(58)52(4)41(26-32-15-14-22-48-28-32)44(57)50-40(30-61-25-21-31(2)3)43(56)49-39(27-42(54)55)46(59)53-23-12-7-13-24-53/h8-11,14-19,22,28,31,37-41H,5-7,12-13,20-21,23-27,29-30H2,1-4H3,(H,49,56)(H,50,57)(H,51,60)(H,54,55)/t38-,39-,40-,41-/m0/s1. The number of aromatic nitrogens is 1. The number of likely N-dealkylation sites (N-methyl/N-ethyl adjacent to an activating group) is 1. The van der Waals surface area contributed by atoms with Gasteiger partial charge in [0.15, 0.2) is 0 Å². The number of nitrogens with zero attached hydrogens (tertiary/aromatic N) is 3. The third-order valence-electron chi connectivity index (χ3n) is 11.5. The van der Waals surface area contributed by atoms with E-state index in [0.29, 0.717) is 37.4 Å². The number of hydrogen-bond acceptors (Lipinski definition) is 9. The van der Waals surface area contributed by atoms with Crippen LogP contribution in [0.3, 0.4) is 0 Å². The number of rotatable bonds is 22. The third-order valence-corrected chi connectivity index (χ3v) is 11.5. The molecule has 62 heavy (non-hydrogen) atoms. The Labute approximate surface area is 364 Å². The van der Waals surface area contributed by atoms with Crippen molar-refractivity contribution in [1.82, 2.24) is 30.7 Å². The number of carboxylic acids is 1. The van der Waals surface area contributed by atoms with Crippen molar-refractivity contribution in [3.63, 3.8) is 0 Å².